The van der Waals surface area contributed by atoms with E-state index in [1.807, 2.05) is 32.0 Å². The highest BCUT2D eigenvalue weighted by Crippen LogP contribution is 2.50. The molecule has 1 aliphatic carbocycles. The van der Waals surface area contributed by atoms with Crippen LogP contribution in [-0.4, -0.2) is 18.4 Å². The van der Waals surface area contributed by atoms with E-state index in [0.717, 1.165) is 10.0 Å². The van der Waals surface area contributed by atoms with Crippen molar-refractivity contribution in [3.05, 3.63) is 84.8 Å². The molecule has 0 bridgehead atoms. The Kier molecular flexibility index (Phi) is 7.74. The van der Waals surface area contributed by atoms with Gasteiger partial charge in [0, 0.05) is 28.5 Å². The second-order valence-corrected chi connectivity index (χ2v) is 11.3. The van der Waals surface area contributed by atoms with Crippen molar-refractivity contribution in [2.75, 3.05) is 6.61 Å². The van der Waals surface area contributed by atoms with Crippen molar-refractivity contribution in [3.63, 3.8) is 0 Å². The van der Waals surface area contributed by atoms with Crippen LogP contribution in [0.5, 0.6) is 5.75 Å². The van der Waals surface area contributed by atoms with Crippen LogP contribution in [0.15, 0.2) is 63.7 Å². The first-order valence-electron chi connectivity index (χ1n) is 11.5. The van der Waals surface area contributed by atoms with Crippen molar-refractivity contribution in [3.8, 4) is 5.75 Å². The van der Waals surface area contributed by atoms with E-state index in [9.17, 15) is 9.59 Å². The third kappa shape index (κ3) is 5.43. The fraction of sp³-hybridized carbons (Fsp3) is 0.333. The van der Waals surface area contributed by atoms with Crippen LogP contribution < -0.4 is 10.5 Å². The van der Waals surface area contributed by atoms with Gasteiger partial charge in [-0.05, 0) is 48.2 Å². The van der Waals surface area contributed by atoms with Crippen LogP contribution in [0.25, 0.3) is 0 Å². The number of nitrogens with two attached hydrogens (primary N) is 1. The van der Waals surface area contributed by atoms with Crippen LogP contribution in [-0.2, 0) is 25.7 Å². The maximum atomic E-state index is 13.5. The Morgan fingerprint density at radius 3 is 2.61 bits per heavy atom. The molecule has 0 saturated carbocycles. The summed E-state index contributed by atoms with van der Waals surface area (Å²) in [6.45, 7) is 6.04. The van der Waals surface area contributed by atoms with Crippen LogP contribution in [0, 0.1) is 5.41 Å². The van der Waals surface area contributed by atoms with E-state index >= 15 is 0 Å². The first kappa shape index (κ1) is 26.6. The van der Waals surface area contributed by atoms with Gasteiger partial charge in [-0.2, -0.15) is 0 Å². The molecule has 2 aromatic carbocycles. The number of allylic oxidation sites excluding steroid dienone is 2. The Morgan fingerprint density at radius 1 is 1.17 bits per heavy atom. The second-order valence-electron chi connectivity index (χ2n) is 9.53. The van der Waals surface area contributed by atoms with Crippen molar-refractivity contribution >= 4 is 50.9 Å². The molecule has 2 N–H and O–H groups in total. The molecule has 0 aromatic heterocycles. The average Bonchev–Trinajstić information content (AvgIpc) is 2.78. The molecule has 0 amide bonds. The highest BCUT2D eigenvalue weighted by Gasteiger charge is 2.46. The summed E-state index contributed by atoms with van der Waals surface area (Å²) in [7, 11) is 0. The van der Waals surface area contributed by atoms with Crippen LogP contribution >= 0.6 is 39.1 Å². The molecule has 0 spiro atoms. The number of hydrogen-bond acceptors (Lipinski definition) is 6. The molecule has 2 aromatic rings. The normalized spacial score (nSPS) is 19.1. The molecule has 1 unspecified atom stereocenters. The average molecular weight is 595 g/mol. The number of rotatable bonds is 6. The lowest BCUT2D eigenvalue weighted by Gasteiger charge is -2.38. The Balaban J connectivity index is 1.83. The molecule has 0 fully saturated rings. The quantitative estimate of drug-likeness (QED) is 0.369. The van der Waals surface area contributed by atoms with Gasteiger partial charge in [0.1, 0.15) is 23.7 Å². The van der Waals surface area contributed by atoms with Gasteiger partial charge in [-0.25, -0.2) is 4.79 Å². The van der Waals surface area contributed by atoms with Crippen LogP contribution in [0.3, 0.4) is 0 Å². The molecule has 2 aliphatic rings. The fourth-order valence-electron chi connectivity index (χ4n) is 4.57. The minimum Gasteiger partial charge on any atom is -0.489 e. The molecule has 1 heterocycles. The monoisotopic (exact) mass is 593 g/mol. The number of halogens is 3. The van der Waals surface area contributed by atoms with Gasteiger partial charge in [0.15, 0.2) is 5.78 Å². The van der Waals surface area contributed by atoms with E-state index in [-0.39, 0.29) is 35.9 Å². The highest BCUT2D eigenvalue weighted by molar-refractivity contribution is 9.10. The molecular weight excluding hydrogens is 569 g/mol. The number of ether oxygens (including phenoxy) is 3. The van der Waals surface area contributed by atoms with Gasteiger partial charge in [0.05, 0.1) is 22.6 Å². The summed E-state index contributed by atoms with van der Waals surface area (Å²) in [4.78, 5) is 26.6. The van der Waals surface area contributed by atoms with Crippen molar-refractivity contribution < 1.29 is 23.8 Å². The van der Waals surface area contributed by atoms with Crippen LogP contribution in [0.4, 0.5) is 0 Å². The van der Waals surface area contributed by atoms with Gasteiger partial charge in [-0.15, -0.1) is 0 Å². The van der Waals surface area contributed by atoms with E-state index < -0.39 is 11.9 Å². The maximum absolute atomic E-state index is 13.5. The lowest BCUT2D eigenvalue weighted by molar-refractivity contribution is -0.139. The van der Waals surface area contributed by atoms with Gasteiger partial charge >= 0.3 is 5.97 Å². The number of carbonyl (C=O) groups is 2. The number of carbonyl (C=O) groups excluding carboxylic acids is 2. The molecule has 9 heteroatoms. The zero-order valence-electron chi connectivity index (χ0n) is 20.1. The second kappa shape index (κ2) is 10.5. The Labute approximate surface area is 228 Å². The summed E-state index contributed by atoms with van der Waals surface area (Å²) < 4.78 is 18.1. The third-order valence-corrected chi connectivity index (χ3v) is 7.34. The van der Waals surface area contributed by atoms with Gasteiger partial charge in [0.25, 0.3) is 0 Å². The first-order chi connectivity index (χ1) is 17.0. The van der Waals surface area contributed by atoms with E-state index in [2.05, 4.69) is 15.9 Å². The summed E-state index contributed by atoms with van der Waals surface area (Å²) in [6, 6.07) is 10.7. The molecule has 1 aliphatic heterocycles. The smallest absolute Gasteiger partial charge is 0.340 e. The van der Waals surface area contributed by atoms with E-state index in [1.165, 1.54) is 0 Å². The topological polar surface area (TPSA) is 87.9 Å². The molecule has 190 valence electrons. The minimum absolute atomic E-state index is 0.0712. The number of Topliss-reactive ketones (excluding diaryl/α,β-unsaturated/α-hetero) is 1. The largest absolute Gasteiger partial charge is 0.489 e. The third-order valence-electron chi connectivity index (χ3n) is 6.11. The van der Waals surface area contributed by atoms with Gasteiger partial charge < -0.3 is 19.9 Å². The van der Waals surface area contributed by atoms with Gasteiger partial charge in [0.2, 0.25) is 5.88 Å². The molecule has 36 heavy (non-hydrogen) atoms. The Hall–Kier alpha value is -2.48. The Bertz CT molecular complexity index is 1300. The number of benzene rings is 2. The van der Waals surface area contributed by atoms with Crippen LogP contribution in [0.1, 0.15) is 50.7 Å². The van der Waals surface area contributed by atoms with E-state index in [0.29, 0.717) is 45.5 Å². The predicted octanol–water partition coefficient (Wildman–Crippen LogP) is 6.83. The lowest BCUT2D eigenvalue weighted by Crippen LogP contribution is -2.35. The number of esters is 1. The van der Waals surface area contributed by atoms with Gasteiger partial charge in [-0.1, -0.05) is 59.0 Å². The fourth-order valence-corrected chi connectivity index (χ4v) is 5.27. The van der Waals surface area contributed by atoms with Crippen molar-refractivity contribution in [1.29, 1.82) is 0 Å². The predicted molar refractivity (Wildman–Crippen MR) is 142 cm³/mol. The summed E-state index contributed by atoms with van der Waals surface area (Å²) in [5.74, 6) is -0.663. The number of hydrogen-bond donors (Lipinski definition) is 1. The molecule has 1 atom stereocenters. The van der Waals surface area contributed by atoms with Gasteiger partial charge in [-0.3, -0.25) is 4.79 Å². The van der Waals surface area contributed by atoms with E-state index in [4.69, 9.17) is 43.1 Å². The highest BCUT2D eigenvalue weighted by atomic mass is 79.9. The lowest BCUT2D eigenvalue weighted by atomic mass is 9.70. The standard InChI is InChI=1S/C27H26BrCl2NO5/c1-4-34-26(33)24-22(23-19(32)11-27(2,3)12-21(23)36-25(24)31)16-10-15(28)6-8-20(16)35-13-14-5-7-17(29)18(30)9-14/h5-10,22H,4,11-13,31H2,1-3H3. The molecule has 0 radical (unpaired) electrons. The molecule has 4 rings (SSSR count). The summed E-state index contributed by atoms with van der Waals surface area (Å²) in [6.07, 6.45) is 0.823. The zero-order chi connectivity index (χ0) is 26.2. The minimum atomic E-state index is -0.808. The number of ketones is 1. The molecule has 6 nitrogen and oxygen atoms in total. The van der Waals surface area contributed by atoms with E-state index in [1.54, 1.807) is 25.1 Å². The van der Waals surface area contributed by atoms with Crippen molar-refractivity contribution in [2.24, 2.45) is 11.1 Å². The zero-order valence-corrected chi connectivity index (χ0v) is 23.2. The SMILES string of the molecule is CCOC(=O)C1=C(N)OC2=C(C(=O)CC(C)(C)C2)C1c1cc(Br)ccc1OCc1ccc(Cl)c(Cl)c1. The first-order valence-corrected chi connectivity index (χ1v) is 13.0. The van der Waals surface area contributed by atoms with Crippen molar-refractivity contribution in [1.82, 2.24) is 0 Å². The van der Waals surface area contributed by atoms with Crippen molar-refractivity contribution in [2.45, 2.75) is 46.1 Å². The molecular formula is C27H26BrCl2NO5. The summed E-state index contributed by atoms with van der Waals surface area (Å²) in [5.41, 5.74) is 7.89. The Morgan fingerprint density at radius 2 is 1.92 bits per heavy atom. The van der Waals surface area contributed by atoms with Crippen LogP contribution in [0.2, 0.25) is 10.0 Å². The maximum Gasteiger partial charge on any atom is 0.340 e. The summed E-state index contributed by atoms with van der Waals surface area (Å²) in [5, 5.41) is 0.869. The molecule has 0 saturated heterocycles. The summed E-state index contributed by atoms with van der Waals surface area (Å²) >= 11 is 15.7.